The number of rotatable bonds is 13. The first-order valence-corrected chi connectivity index (χ1v) is 12.6. The molecule has 0 fully saturated rings. The number of fused-ring (bicyclic) bond motifs is 1. The Kier molecular flexibility index (Phi) is 9.08. The van der Waals surface area contributed by atoms with E-state index in [1.807, 2.05) is 98.2 Å². The van der Waals surface area contributed by atoms with E-state index < -0.39 is 18.1 Å². The molecular formula is C30H34N4O3. The molecule has 0 bridgehead atoms. The molecule has 0 saturated heterocycles. The van der Waals surface area contributed by atoms with E-state index in [1.165, 1.54) is 0 Å². The Morgan fingerprint density at radius 3 is 2.08 bits per heavy atom. The maximum atomic E-state index is 13.4. The lowest BCUT2D eigenvalue weighted by Crippen LogP contribution is -2.49. The van der Waals surface area contributed by atoms with E-state index in [0.29, 0.717) is 32.5 Å². The van der Waals surface area contributed by atoms with Crippen molar-refractivity contribution in [2.24, 2.45) is 0 Å². The second-order valence-electron chi connectivity index (χ2n) is 9.28. The first-order valence-electron chi connectivity index (χ1n) is 12.6. The van der Waals surface area contributed by atoms with Gasteiger partial charge in [-0.25, -0.2) is 0 Å². The van der Waals surface area contributed by atoms with Crippen molar-refractivity contribution >= 4 is 22.8 Å². The highest BCUT2D eigenvalue weighted by molar-refractivity contribution is 5.84. The topological polar surface area (TPSA) is 97.5 Å². The summed E-state index contributed by atoms with van der Waals surface area (Å²) in [6.45, 7) is 1.40. The number of aromatic amines is 1. The molecule has 0 aliphatic rings. The van der Waals surface area contributed by atoms with E-state index in [-0.39, 0.29) is 5.91 Å². The Hall–Kier alpha value is -3.94. The molecule has 1 heterocycles. The molecule has 0 saturated carbocycles. The van der Waals surface area contributed by atoms with Gasteiger partial charge in [0.15, 0.2) is 0 Å². The maximum Gasteiger partial charge on any atom is 0.321 e. The number of aliphatic carboxylic acids is 1. The molecule has 0 aliphatic heterocycles. The molecule has 4 N–H and O–H groups in total. The van der Waals surface area contributed by atoms with Gasteiger partial charge in [0.2, 0.25) is 5.91 Å². The smallest absolute Gasteiger partial charge is 0.321 e. The Morgan fingerprint density at radius 2 is 1.41 bits per heavy atom. The second kappa shape index (κ2) is 12.9. The number of benzene rings is 3. The molecule has 2 atom stereocenters. The molecule has 37 heavy (non-hydrogen) atoms. The minimum Gasteiger partial charge on any atom is -0.480 e. The molecule has 7 heteroatoms. The molecule has 0 radical (unpaired) electrons. The molecule has 0 spiro atoms. The Morgan fingerprint density at radius 1 is 0.811 bits per heavy atom. The number of hydrogen-bond acceptors (Lipinski definition) is 4. The Labute approximate surface area is 217 Å². The van der Waals surface area contributed by atoms with E-state index >= 15 is 0 Å². The summed E-state index contributed by atoms with van der Waals surface area (Å²) in [7, 11) is 1.81. The lowest BCUT2D eigenvalue weighted by Gasteiger charge is -2.25. The maximum absolute atomic E-state index is 13.4. The van der Waals surface area contributed by atoms with Crippen molar-refractivity contribution in [2.75, 3.05) is 20.1 Å². The van der Waals surface area contributed by atoms with Crippen LogP contribution in [0, 0.1) is 0 Å². The summed E-state index contributed by atoms with van der Waals surface area (Å²) in [5.74, 6) is -0.897. The lowest BCUT2D eigenvalue weighted by atomic mass is 10.0. The van der Waals surface area contributed by atoms with Crippen molar-refractivity contribution < 1.29 is 14.7 Å². The number of carbonyl (C=O) groups excluding carboxylic acids is 1. The van der Waals surface area contributed by atoms with Gasteiger partial charge in [0, 0.05) is 50.2 Å². The van der Waals surface area contributed by atoms with Crippen molar-refractivity contribution in [1.82, 2.24) is 20.5 Å². The van der Waals surface area contributed by atoms with Gasteiger partial charge in [0.1, 0.15) is 6.04 Å². The molecule has 0 unspecified atom stereocenters. The lowest BCUT2D eigenvalue weighted by molar-refractivity contribution is -0.139. The first-order chi connectivity index (χ1) is 18.0. The number of para-hydroxylation sites is 1. The van der Waals surface area contributed by atoms with Crippen LogP contribution in [-0.2, 0) is 29.0 Å². The van der Waals surface area contributed by atoms with Crippen molar-refractivity contribution in [1.29, 1.82) is 0 Å². The van der Waals surface area contributed by atoms with Gasteiger partial charge in [0.25, 0.3) is 0 Å². The molecule has 1 amide bonds. The molecule has 0 aliphatic carbocycles. The van der Waals surface area contributed by atoms with Crippen LogP contribution in [0.2, 0.25) is 0 Å². The quantitative estimate of drug-likeness (QED) is 0.211. The van der Waals surface area contributed by atoms with Gasteiger partial charge in [-0.05, 0) is 29.2 Å². The Bertz CT molecular complexity index is 1290. The van der Waals surface area contributed by atoms with Gasteiger partial charge in [-0.15, -0.1) is 0 Å². The summed E-state index contributed by atoms with van der Waals surface area (Å²) in [5.41, 5.74) is 4.09. The largest absolute Gasteiger partial charge is 0.480 e. The highest BCUT2D eigenvalue weighted by atomic mass is 16.4. The van der Waals surface area contributed by atoms with Crippen LogP contribution in [0.3, 0.4) is 0 Å². The number of carboxylic acid groups (broad SMARTS) is 1. The molecular weight excluding hydrogens is 464 g/mol. The van der Waals surface area contributed by atoms with Gasteiger partial charge in [0.05, 0.1) is 6.04 Å². The van der Waals surface area contributed by atoms with Crippen LogP contribution in [0.1, 0.15) is 16.7 Å². The summed E-state index contributed by atoms with van der Waals surface area (Å²) in [4.78, 5) is 30.3. The number of hydrogen-bond donors (Lipinski definition) is 4. The van der Waals surface area contributed by atoms with Crippen molar-refractivity contribution in [3.63, 3.8) is 0 Å². The van der Waals surface area contributed by atoms with Crippen molar-refractivity contribution in [3.05, 3.63) is 108 Å². The van der Waals surface area contributed by atoms with E-state index in [0.717, 1.165) is 27.6 Å². The normalized spacial score (nSPS) is 12.8. The fourth-order valence-corrected chi connectivity index (χ4v) is 4.56. The van der Waals surface area contributed by atoms with Crippen LogP contribution in [0.5, 0.6) is 0 Å². The van der Waals surface area contributed by atoms with Crippen LogP contribution in [0.4, 0.5) is 0 Å². The Balaban J connectivity index is 1.36. The zero-order chi connectivity index (χ0) is 26.0. The SMILES string of the molecule is CN(Cc1ccccc1)C(=O)[C@H](Cc1ccccc1)NCCN[C@@H](Cc1c[nH]c2ccccc12)C(=O)O. The van der Waals surface area contributed by atoms with E-state index in [2.05, 4.69) is 15.6 Å². The summed E-state index contributed by atoms with van der Waals surface area (Å²) in [5, 5.41) is 17.3. The van der Waals surface area contributed by atoms with E-state index in [4.69, 9.17) is 0 Å². The standard InChI is InChI=1S/C30H34N4O3/c1-34(21-23-12-6-3-7-13-23)29(35)27(18-22-10-4-2-5-11-22)31-16-17-32-28(30(36)37)19-24-20-33-26-15-9-8-14-25(24)26/h2-15,20,27-28,31-33H,16-19,21H2,1H3,(H,36,37)/t27-,28-/m0/s1. The molecule has 192 valence electrons. The first kappa shape index (κ1) is 26.1. The number of nitrogens with one attached hydrogen (secondary N) is 3. The highest BCUT2D eigenvalue weighted by Crippen LogP contribution is 2.19. The number of H-pyrrole nitrogens is 1. The molecule has 1 aromatic heterocycles. The monoisotopic (exact) mass is 498 g/mol. The predicted octanol–water partition coefficient (Wildman–Crippen LogP) is 3.61. The number of carbonyl (C=O) groups is 2. The predicted molar refractivity (Wildman–Crippen MR) is 146 cm³/mol. The fourth-order valence-electron chi connectivity index (χ4n) is 4.56. The average Bonchev–Trinajstić information content (AvgIpc) is 3.33. The summed E-state index contributed by atoms with van der Waals surface area (Å²) in [6.07, 6.45) is 2.79. The summed E-state index contributed by atoms with van der Waals surface area (Å²) in [6, 6.07) is 26.5. The molecule has 3 aromatic carbocycles. The van der Waals surface area contributed by atoms with Gasteiger partial charge in [-0.3, -0.25) is 9.59 Å². The third kappa shape index (κ3) is 7.29. The number of aromatic nitrogens is 1. The highest BCUT2D eigenvalue weighted by Gasteiger charge is 2.23. The van der Waals surface area contributed by atoms with E-state index in [1.54, 1.807) is 4.90 Å². The number of amides is 1. The fraction of sp³-hybridized carbons (Fsp3) is 0.267. The average molecular weight is 499 g/mol. The van der Waals surface area contributed by atoms with Crippen LogP contribution in [0.25, 0.3) is 10.9 Å². The molecule has 4 aromatic rings. The van der Waals surface area contributed by atoms with Gasteiger partial charge in [-0.2, -0.15) is 0 Å². The summed E-state index contributed by atoms with van der Waals surface area (Å²) < 4.78 is 0. The zero-order valence-corrected chi connectivity index (χ0v) is 21.1. The minimum absolute atomic E-state index is 0.00119. The third-order valence-corrected chi connectivity index (χ3v) is 6.52. The van der Waals surface area contributed by atoms with Gasteiger partial charge >= 0.3 is 5.97 Å². The van der Waals surface area contributed by atoms with Gasteiger partial charge < -0.3 is 25.6 Å². The van der Waals surface area contributed by atoms with Crippen LogP contribution >= 0.6 is 0 Å². The second-order valence-corrected chi connectivity index (χ2v) is 9.28. The third-order valence-electron chi connectivity index (χ3n) is 6.52. The number of likely N-dealkylation sites (N-methyl/N-ethyl adjacent to an activating group) is 1. The van der Waals surface area contributed by atoms with E-state index in [9.17, 15) is 14.7 Å². The number of carboxylic acids is 1. The van der Waals surface area contributed by atoms with Gasteiger partial charge in [-0.1, -0.05) is 78.9 Å². The number of nitrogens with zero attached hydrogens (tertiary/aromatic N) is 1. The van der Waals surface area contributed by atoms with Crippen molar-refractivity contribution in [3.8, 4) is 0 Å². The minimum atomic E-state index is -0.898. The van der Waals surface area contributed by atoms with Crippen LogP contribution < -0.4 is 10.6 Å². The van der Waals surface area contributed by atoms with Crippen LogP contribution in [-0.4, -0.2) is 59.1 Å². The van der Waals surface area contributed by atoms with Crippen LogP contribution in [0.15, 0.2) is 91.1 Å². The molecule has 4 rings (SSSR count). The zero-order valence-electron chi connectivity index (χ0n) is 21.1. The molecule has 7 nitrogen and oxygen atoms in total. The summed E-state index contributed by atoms with van der Waals surface area (Å²) >= 11 is 0. The van der Waals surface area contributed by atoms with Crippen molar-refractivity contribution in [2.45, 2.75) is 31.5 Å².